The van der Waals surface area contributed by atoms with Crippen LogP contribution in [-0.2, 0) is 0 Å². The van der Waals surface area contributed by atoms with Crippen LogP contribution in [0.15, 0.2) is 17.8 Å². The monoisotopic (exact) mass is 143 g/mol. The zero-order valence-corrected chi connectivity index (χ0v) is 5.87. The van der Waals surface area contributed by atoms with Gasteiger partial charge in [0, 0.05) is 13.3 Å². The van der Waals surface area contributed by atoms with Crippen LogP contribution in [0.3, 0.4) is 0 Å². The Morgan fingerprint density at radius 1 is 1.78 bits per heavy atom. The van der Waals surface area contributed by atoms with E-state index < -0.39 is 0 Å². The molecule has 0 aromatic carbocycles. The van der Waals surface area contributed by atoms with Gasteiger partial charge in [-0.2, -0.15) is 5.10 Å². The average molecular weight is 143 g/mol. The molecule has 9 heavy (non-hydrogen) atoms. The molecule has 0 aliphatic heterocycles. The highest BCUT2D eigenvalue weighted by atomic mass is 32.1. The van der Waals surface area contributed by atoms with Crippen LogP contribution in [0, 0.1) is 0 Å². The Kier molecular flexibility index (Phi) is 4.72. The fraction of sp³-hybridized carbons (Fsp3) is 0.200. The summed E-state index contributed by atoms with van der Waals surface area (Å²) in [6.07, 6.45) is 1.71. The Hall–Kier alpha value is -0.900. The van der Waals surface area contributed by atoms with Crippen LogP contribution in [0.5, 0.6) is 0 Å². The molecular weight excluding hydrogens is 134 g/mol. The first-order chi connectivity index (χ1) is 4.31. The smallest absolute Gasteiger partial charge is 0.187 e. The molecule has 0 unspecified atom stereocenters. The van der Waals surface area contributed by atoms with Gasteiger partial charge in [-0.1, -0.05) is 6.08 Å². The Balaban J connectivity index is 3.26. The maximum Gasteiger partial charge on any atom is 0.187 e. The molecule has 0 radical (unpaired) electrons. The highest BCUT2D eigenvalue weighted by Gasteiger charge is 1.84. The minimum absolute atomic E-state index is 0.463. The number of hydrazone groups is 1. The van der Waals surface area contributed by atoms with Crippen molar-refractivity contribution in [2.24, 2.45) is 5.10 Å². The van der Waals surface area contributed by atoms with Gasteiger partial charge in [0.1, 0.15) is 0 Å². The van der Waals surface area contributed by atoms with Gasteiger partial charge in [0.15, 0.2) is 5.11 Å². The van der Waals surface area contributed by atoms with E-state index in [2.05, 4.69) is 29.1 Å². The van der Waals surface area contributed by atoms with Crippen molar-refractivity contribution >= 4 is 24.0 Å². The standard InChI is InChI=1S/C5H9N3S/c1-3-4-7-5(9)8-6-2/h3H,1-2,4H2,(H2,7,8,9). The van der Waals surface area contributed by atoms with Gasteiger partial charge in [-0.15, -0.1) is 6.58 Å². The van der Waals surface area contributed by atoms with E-state index in [1.807, 2.05) is 0 Å². The number of hydrogen-bond acceptors (Lipinski definition) is 2. The van der Waals surface area contributed by atoms with Gasteiger partial charge in [0.2, 0.25) is 0 Å². The number of nitrogens with one attached hydrogen (secondary N) is 2. The molecule has 0 bridgehead atoms. The van der Waals surface area contributed by atoms with E-state index in [9.17, 15) is 0 Å². The Morgan fingerprint density at radius 3 is 2.89 bits per heavy atom. The zero-order chi connectivity index (χ0) is 7.11. The second-order valence-electron chi connectivity index (χ2n) is 1.27. The molecule has 0 rings (SSSR count). The maximum absolute atomic E-state index is 4.71. The lowest BCUT2D eigenvalue weighted by Crippen LogP contribution is -2.31. The molecule has 0 aromatic rings. The summed E-state index contributed by atoms with van der Waals surface area (Å²) >= 11 is 4.71. The Bertz CT molecular complexity index is 121. The van der Waals surface area contributed by atoms with Crippen LogP contribution in [0.4, 0.5) is 0 Å². The van der Waals surface area contributed by atoms with Crippen molar-refractivity contribution in [3.8, 4) is 0 Å². The van der Waals surface area contributed by atoms with Crippen molar-refractivity contribution in [3.63, 3.8) is 0 Å². The normalized spacial score (nSPS) is 7.56. The van der Waals surface area contributed by atoms with Crippen molar-refractivity contribution in [1.82, 2.24) is 10.7 Å². The molecule has 0 aromatic heterocycles. The molecule has 0 fully saturated rings. The largest absolute Gasteiger partial charge is 0.358 e. The maximum atomic E-state index is 4.71. The van der Waals surface area contributed by atoms with Gasteiger partial charge in [0.05, 0.1) is 0 Å². The van der Waals surface area contributed by atoms with Crippen LogP contribution in [0.1, 0.15) is 0 Å². The van der Waals surface area contributed by atoms with Crippen molar-refractivity contribution in [2.45, 2.75) is 0 Å². The average Bonchev–Trinajstić information content (AvgIpc) is 1.85. The van der Waals surface area contributed by atoms with Crippen molar-refractivity contribution in [1.29, 1.82) is 0 Å². The van der Waals surface area contributed by atoms with Crippen molar-refractivity contribution in [2.75, 3.05) is 6.54 Å². The molecule has 0 aliphatic rings. The van der Waals surface area contributed by atoms with E-state index >= 15 is 0 Å². The van der Waals surface area contributed by atoms with E-state index in [1.54, 1.807) is 6.08 Å². The minimum atomic E-state index is 0.463. The van der Waals surface area contributed by atoms with Crippen LogP contribution in [-0.4, -0.2) is 18.4 Å². The molecule has 2 N–H and O–H groups in total. The summed E-state index contributed by atoms with van der Waals surface area (Å²) in [7, 11) is 0. The van der Waals surface area contributed by atoms with E-state index in [1.165, 1.54) is 0 Å². The molecule has 3 nitrogen and oxygen atoms in total. The lowest BCUT2D eigenvalue weighted by molar-refractivity contribution is 0.945. The second-order valence-corrected chi connectivity index (χ2v) is 1.68. The summed E-state index contributed by atoms with van der Waals surface area (Å²) < 4.78 is 0. The van der Waals surface area contributed by atoms with Crippen LogP contribution < -0.4 is 10.7 Å². The van der Waals surface area contributed by atoms with Crippen LogP contribution in [0.25, 0.3) is 0 Å². The topological polar surface area (TPSA) is 36.4 Å². The third-order valence-corrected chi connectivity index (χ3v) is 0.823. The minimum Gasteiger partial charge on any atom is -0.358 e. The van der Waals surface area contributed by atoms with Crippen LogP contribution >= 0.6 is 12.2 Å². The fourth-order valence-electron chi connectivity index (χ4n) is 0.276. The van der Waals surface area contributed by atoms with Gasteiger partial charge in [-0.25, -0.2) is 0 Å². The van der Waals surface area contributed by atoms with Gasteiger partial charge in [-0.05, 0) is 12.2 Å². The molecule has 0 saturated carbocycles. The molecular formula is C5H9N3S. The molecule has 0 saturated heterocycles. The molecule has 50 valence electrons. The van der Waals surface area contributed by atoms with E-state index in [0.29, 0.717) is 11.7 Å². The van der Waals surface area contributed by atoms with Crippen molar-refractivity contribution < 1.29 is 0 Å². The fourth-order valence-corrected chi connectivity index (χ4v) is 0.424. The summed E-state index contributed by atoms with van der Waals surface area (Å²) in [5.41, 5.74) is 2.47. The summed E-state index contributed by atoms with van der Waals surface area (Å²) in [5.74, 6) is 0. The van der Waals surface area contributed by atoms with Gasteiger partial charge >= 0.3 is 0 Å². The Labute approximate surface area is 59.8 Å². The van der Waals surface area contributed by atoms with E-state index in [4.69, 9.17) is 12.2 Å². The third-order valence-electron chi connectivity index (χ3n) is 0.588. The van der Waals surface area contributed by atoms with Crippen LogP contribution in [0.2, 0.25) is 0 Å². The Morgan fingerprint density at radius 2 is 2.44 bits per heavy atom. The third kappa shape index (κ3) is 4.96. The molecule has 0 amide bonds. The first-order valence-corrected chi connectivity index (χ1v) is 2.82. The second kappa shape index (κ2) is 5.24. The highest BCUT2D eigenvalue weighted by molar-refractivity contribution is 7.80. The number of thiocarbonyl (C=S) groups is 1. The lowest BCUT2D eigenvalue weighted by Gasteiger charge is -2.01. The summed E-state index contributed by atoms with van der Waals surface area (Å²) in [6.45, 7) is 7.33. The quantitative estimate of drug-likeness (QED) is 0.257. The predicted octanol–water partition coefficient (Wildman–Crippen LogP) is 0.252. The molecule has 0 aliphatic carbocycles. The highest BCUT2D eigenvalue weighted by Crippen LogP contribution is 1.65. The van der Waals surface area contributed by atoms with E-state index in [0.717, 1.165) is 0 Å². The van der Waals surface area contributed by atoms with Crippen molar-refractivity contribution in [3.05, 3.63) is 12.7 Å². The lowest BCUT2D eigenvalue weighted by atomic mass is 10.6. The first-order valence-electron chi connectivity index (χ1n) is 2.41. The SMILES string of the molecule is C=CCNC(=S)NN=C. The number of hydrogen-bond donors (Lipinski definition) is 2. The molecule has 0 spiro atoms. The van der Waals surface area contributed by atoms with Gasteiger partial charge in [0.25, 0.3) is 0 Å². The molecule has 0 atom stereocenters. The molecule has 4 heteroatoms. The summed E-state index contributed by atoms with van der Waals surface area (Å²) in [6, 6.07) is 0. The van der Waals surface area contributed by atoms with Gasteiger partial charge < -0.3 is 5.32 Å². The summed E-state index contributed by atoms with van der Waals surface area (Å²) in [4.78, 5) is 0. The zero-order valence-electron chi connectivity index (χ0n) is 5.05. The van der Waals surface area contributed by atoms with E-state index in [-0.39, 0.29) is 0 Å². The van der Waals surface area contributed by atoms with Gasteiger partial charge in [-0.3, -0.25) is 5.43 Å². The molecule has 0 heterocycles. The number of rotatable bonds is 3. The predicted molar refractivity (Wildman–Crippen MR) is 43.5 cm³/mol. The summed E-state index contributed by atoms with van der Waals surface area (Å²) in [5, 5.41) is 6.62. The first kappa shape index (κ1) is 8.10. The number of nitrogens with zero attached hydrogens (tertiary/aromatic N) is 1.